The Morgan fingerprint density at radius 2 is 2.12 bits per heavy atom. The fraction of sp³-hybridized carbons (Fsp3) is 0.462. The maximum absolute atomic E-state index is 5.97. The first-order chi connectivity index (χ1) is 7.70. The predicted octanol–water partition coefficient (Wildman–Crippen LogP) is 3.21. The highest BCUT2D eigenvalue weighted by Crippen LogP contribution is 2.25. The summed E-state index contributed by atoms with van der Waals surface area (Å²) in [7, 11) is 0. The molecule has 0 fully saturated rings. The van der Waals surface area contributed by atoms with Crippen LogP contribution in [0.25, 0.3) is 10.2 Å². The predicted molar refractivity (Wildman–Crippen MR) is 70.8 cm³/mol. The zero-order chi connectivity index (χ0) is 11.5. The van der Waals surface area contributed by atoms with Gasteiger partial charge in [-0.2, -0.15) is 0 Å². The van der Waals surface area contributed by atoms with Crippen molar-refractivity contribution in [2.45, 2.75) is 32.7 Å². The standard InChI is InChI=1S/C13H18N2S/c1-3-10(9(2)14)8-13-15-11-6-4-5-7-12(11)16-13/h4-7,9-10H,3,8,14H2,1-2H3. The minimum Gasteiger partial charge on any atom is -0.328 e. The van der Waals surface area contributed by atoms with Gasteiger partial charge < -0.3 is 5.73 Å². The van der Waals surface area contributed by atoms with E-state index in [1.165, 1.54) is 9.71 Å². The van der Waals surface area contributed by atoms with Crippen LogP contribution < -0.4 is 5.73 Å². The van der Waals surface area contributed by atoms with Gasteiger partial charge in [0.25, 0.3) is 0 Å². The van der Waals surface area contributed by atoms with Gasteiger partial charge in [0.15, 0.2) is 0 Å². The number of fused-ring (bicyclic) bond motifs is 1. The molecule has 0 aliphatic rings. The molecule has 86 valence electrons. The lowest BCUT2D eigenvalue weighted by Crippen LogP contribution is -2.27. The van der Waals surface area contributed by atoms with Gasteiger partial charge in [-0.3, -0.25) is 0 Å². The van der Waals surface area contributed by atoms with Crippen molar-refractivity contribution < 1.29 is 0 Å². The number of aromatic nitrogens is 1. The van der Waals surface area contributed by atoms with E-state index in [0.29, 0.717) is 5.92 Å². The van der Waals surface area contributed by atoms with Crippen LogP contribution in [0.4, 0.5) is 0 Å². The Hall–Kier alpha value is -0.930. The van der Waals surface area contributed by atoms with Crippen LogP contribution >= 0.6 is 11.3 Å². The van der Waals surface area contributed by atoms with Crippen molar-refractivity contribution in [3.63, 3.8) is 0 Å². The molecule has 1 aromatic heterocycles. The summed E-state index contributed by atoms with van der Waals surface area (Å²) >= 11 is 1.79. The third-order valence-electron chi connectivity index (χ3n) is 3.04. The Kier molecular flexibility index (Phi) is 3.56. The molecular weight excluding hydrogens is 216 g/mol. The number of rotatable bonds is 4. The summed E-state index contributed by atoms with van der Waals surface area (Å²) in [6.07, 6.45) is 2.13. The second kappa shape index (κ2) is 4.93. The maximum Gasteiger partial charge on any atom is 0.0941 e. The molecule has 3 heteroatoms. The molecular formula is C13H18N2S. The van der Waals surface area contributed by atoms with Gasteiger partial charge >= 0.3 is 0 Å². The van der Waals surface area contributed by atoms with Crippen molar-refractivity contribution in [3.8, 4) is 0 Å². The van der Waals surface area contributed by atoms with Crippen molar-refractivity contribution in [2.75, 3.05) is 0 Å². The van der Waals surface area contributed by atoms with Crippen LogP contribution in [0.2, 0.25) is 0 Å². The van der Waals surface area contributed by atoms with Crippen LogP contribution in [-0.4, -0.2) is 11.0 Å². The van der Waals surface area contributed by atoms with E-state index >= 15 is 0 Å². The molecule has 0 radical (unpaired) electrons. The van der Waals surface area contributed by atoms with Gasteiger partial charge in [-0.05, 0) is 25.0 Å². The third kappa shape index (κ3) is 2.42. The monoisotopic (exact) mass is 234 g/mol. The molecule has 0 aliphatic heterocycles. The van der Waals surface area contributed by atoms with E-state index in [1.807, 2.05) is 6.07 Å². The number of nitrogens with two attached hydrogens (primary N) is 1. The van der Waals surface area contributed by atoms with Crippen LogP contribution in [0.5, 0.6) is 0 Å². The Bertz CT molecular complexity index is 429. The van der Waals surface area contributed by atoms with Gasteiger partial charge in [0.05, 0.1) is 15.2 Å². The first-order valence-electron chi connectivity index (χ1n) is 5.80. The summed E-state index contributed by atoms with van der Waals surface area (Å²) in [4.78, 5) is 4.65. The largest absolute Gasteiger partial charge is 0.328 e. The summed E-state index contributed by atoms with van der Waals surface area (Å²) < 4.78 is 1.28. The zero-order valence-corrected chi connectivity index (χ0v) is 10.6. The summed E-state index contributed by atoms with van der Waals surface area (Å²) in [5, 5.41) is 1.21. The molecule has 16 heavy (non-hydrogen) atoms. The second-order valence-corrected chi connectivity index (χ2v) is 5.42. The molecule has 0 bridgehead atoms. The van der Waals surface area contributed by atoms with Gasteiger partial charge in [0.1, 0.15) is 0 Å². The Balaban J connectivity index is 2.20. The fourth-order valence-corrected chi connectivity index (χ4v) is 2.99. The number of para-hydroxylation sites is 1. The molecule has 2 aromatic rings. The highest BCUT2D eigenvalue weighted by Gasteiger charge is 2.14. The van der Waals surface area contributed by atoms with E-state index < -0.39 is 0 Å². The van der Waals surface area contributed by atoms with Crippen LogP contribution in [-0.2, 0) is 6.42 Å². The summed E-state index contributed by atoms with van der Waals surface area (Å²) in [6, 6.07) is 8.55. The minimum absolute atomic E-state index is 0.247. The number of hydrogen-bond donors (Lipinski definition) is 1. The highest BCUT2D eigenvalue weighted by molar-refractivity contribution is 7.18. The zero-order valence-electron chi connectivity index (χ0n) is 9.81. The van der Waals surface area contributed by atoms with Gasteiger partial charge in [-0.25, -0.2) is 4.98 Å². The van der Waals surface area contributed by atoms with Crippen LogP contribution in [0.15, 0.2) is 24.3 Å². The summed E-state index contributed by atoms with van der Waals surface area (Å²) in [6.45, 7) is 4.28. The minimum atomic E-state index is 0.247. The van der Waals surface area contributed by atoms with E-state index in [1.54, 1.807) is 11.3 Å². The quantitative estimate of drug-likeness (QED) is 0.882. The van der Waals surface area contributed by atoms with Gasteiger partial charge in [-0.15, -0.1) is 11.3 Å². The topological polar surface area (TPSA) is 38.9 Å². The molecule has 2 nitrogen and oxygen atoms in total. The van der Waals surface area contributed by atoms with Gasteiger partial charge in [0, 0.05) is 12.5 Å². The molecule has 0 amide bonds. The molecule has 1 aromatic carbocycles. The van der Waals surface area contributed by atoms with E-state index in [2.05, 4.69) is 37.0 Å². The highest BCUT2D eigenvalue weighted by atomic mass is 32.1. The molecule has 0 spiro atoms. The van der Waals surface area contributed by atoms with Crippen molar-refractivity contribution in [3.05, 3.63) is 29.3 Å². The fourth-order valence-electron chi connectivity index (χ4n) is 1.93. The SMILES string of the molecule is CCC(Cc1nc2ccccc2s1)C(C)N. The lowest BCUT2D eigenvalue weighted by Gasteiger charge is -2.16. The molecule has 0 aliphatic carbocycles. The average molecular weight is 234 g/mol. The van der Waals surface area contributed by atoms with Crippen molar-refractivity contribution >= 4 is 21.6 Å². The molecule has 2 N–H and O–H groups in total. The van der Waals surface area contributed by atoms with Gasteiger partial charge in [-0.1, -0.05) is 25.5 Å². The number of benzene rings is 1. The Morgan fingerprint density at radius 1 is 1.38 bits per heavy atom. The molecule has 0 saturated carbocycles. The van der Waals surface area contributed by atoms with Crippen molar-refractivity contribution in [1.82, 2.24) is 4.98 Å². The lowest BCUT2D eigenvalue weighted by molar-refractivity contribution is 0.427. The number of hydrogen-bond acceptors (Lipinski definition) is 3. The average Bonchev–Trinajstić information content (AvgIpc) is 2.67. The lowest BCUT2D eigenvalue weighted by atomic mass is 9.96. The normalized spacial score (nSPS) is 15.2. The van der Waals surface area contributed by atoms with Crippen LogP contribution in [0.3, 0.4) is 0 Å². The molecule has 2 rings (SSSR count). The number of nitrogens with zero attached hydrogens (tertiary/aromatic N) is 1. The van der Waals surface area contributed by atoms with E-state index in [0.717, 1.165) is 18.4 Å². The van der Waals surface area contributed by atoms with Crippen molar-refractivity contribution in [2.24, 2.45) is 11.7 Å². The molecule has 0 saturated heterocycles. The van der Waals surface area contributed by atoms with Crippen LogP contribution in [0, 0.1) is 5.92 Å². The summed E-state index contributed by atoms with van der Waals surface area (Å²) in [5.74, 6) is 0.542. The van der Waals surface area contributed by atoms with Crippen LogP contribution in [0.1, 0.15) is 25.3 Å². The smallest absolute Gasteiger partial charge is 0.0941 e. The van der Waals surface area contributed by atoms with E-state index in [9.17, 15) is 0 Å². The molecule has 1 heterocycles. The van der Waals surface area contributed by atoms with E-state index in [4.69, 9.17) is 5.73 Å². The Labute approximate surface area is 101 Å². The third-order valence-corrected chi connectivity index (χ3v) is 4.10. The first kappa shape index (κ1) is 11.6. The first-order valence-corrected chi connectivity index (χ1v) is 6.62. The van der Waals surface area contributed by atoms with Crippen molar-refractivity contribution in [1.29, 1.82) is 0 Å². The summed E-state index contributed by atoms with van der Waals surface area (Å²) in [5.41, 5.74) is 7.08. The molecule has 2 atom stereocenters. The molecule has 2 unspecified atom stereocenters. The second-order valence-electron chi connectivity index (χ2n) is 4.31. The van der Waals surface area contributed by atoms with E-state index in [-0.39, 0.29) is 6.04 Å². The maximum atomic E-state index is 5.97. The van der Waals surface area contributed by atoms with Gasteiger partial charge in [0.2, 0.25) is 0 Å². The Morgan fingerprint density at radius 3 is 2.75 bits per heavy atom. The number of thiazole rings is 1.